The summed E-state index contributed by atoms with van der Waals surface area (Å²) in [4.78, 5) is 18.9. The standard InChI is InChI=1S/C18H22N4O3/c1-12-19-17(25-21-12)13-5-4-9-22(11-13)18(23)20-15-8-10-24-16-7-3-2-6-14(15)16/h2-3,6-7,13,15H,4-5,8-11H2,1H3,(H,20,23). The number of aromatic nitrogens is 2. The van der Waals surface area contributed by atoms with Crippen molar-refractivity contribution >= 4 is 6.03 Å². The molecule has 0 radical (unpaired) electrons. The van der Waals surface area contributed by atoms with E-state index in [9.17, 15) is 4.79 Å². The number of likely N-dealkylation sites (tertiary alicyclic amines) is 1. The predicted octanol–water partition coefficient (Wildman–Crippen LogP) is 2.79. The number of fused-ring (bicyclic) bond motifs is 1. The van der Waals surface area contributed by atoms with Crippen molar-refractivity contribution in [2.75, 3.05) is 19.7 Å². The molecule has 1 aromatic heterocycles. The number of benzene rings is 1. The van der Waals surface area contributed by atoms with Crippen LogP contribution in [0.4, 0.5) is 4.79 Å². The quantitative estimate of drug-likeness (QED) is 0.908. The smallest absolute Gasteiger partial charge is 0.317 e. The number of hydrogen-bond acceptors (Lipinski definition) is 5. The lowest BCUT2D eigenvalue weighted by molar-refractivity contribution is 0.164. The third-order valence-electron chi connectivity index (χ3n) is 4.86. The summed E-state index contributed by atoms with van der Waals surface area (Å²) in [7, 11) is 0. The van der Waals surface area contributed by atoms with Gasteiger partial charge in [0, 0.05) is 25.1 Å². The van der Waals surface area contributed by atoms with Gasteiger partial charge in [0.15, 0.2) is 5.82 Å². The van der Waals surface area contributed by atoms with Gasteiger partial charge in [0.1, 0.15) is 5.75 Å². The number of amides is 2. The molecule has 25 heavy (non-hydrogen) atoms. The van der Waals surface area contributed by atoms with E-state index in [0.717, 1.165) is 37.1 Å². The average molecular weight is 342 g/mol. The highest BCUT2D eigenvalue weighted by Gasteiger charge is 2.30. The van der Waals surface area contributed by atoms with Crippen LogP contribution in [0.3, 0.4) is 0 Å². The number of piperidine rings is 1. The normalized spacial score (nSPS) is 22.8. The first kappa shape index (κ1) is 15.9. The molecule has 0 bridgehead atoms. The molecule has 1 N–H and O–H groups in total. The van der Waals surface area contributed by atoms with Crippen LogP contribution in [-0.4, -0.2) is 40.8 Å². The van der Waals surface area contributed by atoms with Gasteiger partial charge in [0.05, 0.1) is 18.6 Å². The van der Waals surface area contributed by atoms with Crippen LogP contribution in [0.2, 0.25) is 0 Å². The lowest BCUT2D eigenvalue weighted by atomic mass is 9.98. The van der Waals surface area contributed by atoms with E-state index >= 15 is 0 Å². The Balaban J connectivity index is 1.43. The van der Waals surface area contributed by atoms with Gasteiger partial charge in [-0.15, -0.1) is 0 Å². The van der Waals surface area contributed by atoms with E-state index in [4.69, 9.17) is 9.26 Å². The molecular weight excluding hydrogens is 320 g/mol. The minimum absolute atomic E-state index is 0.0107. The highest BCUT2D eigenvalue weighted by atomic mass is 16.5. The molecule has 132 valence electrons. The first-order valence-corrected chi connectivity index (χ1v) is 8.78. The molecule has 0 aliphatic carbocycles. The van der Waals surface area contributed by atoms with Crippen LogP contribution in [0.15, 0.2) is 28.8 Å². The third-order valence-corrected chi connectivity index (χ3v) is 4.86. The van der Waals surface area contributed by atoms with Crippen molar-refractivity contribution in [2.24, 2.45) is 0 Å². The first-order valence-electron chi connectivity index (χ1n) is 8.78. The minimum Gasteiger partial charge on any atom is -0.493 e. The largest absolute Gasteiger partial charge is 0.493 e. The van der Waals surface area contributed by atoms with Crippen molar-refractivity contribution in [1.29, 1.82) is 0 Å². The summed E-state index contributed by atoms with van der Waals surface area (Å²) < 4.78 is 11.0. The third kappa shape index (κ3) is 3.31. The number of carbonyl (C=O) groups excluding carboxylic acids is 1. The van der Waals surface area contributed by atoms with Crippen LogP contribution in [-0.2, 0) is 0 Å². The predicted molar refractivity (Wildman–Crippen MR) is 90.4 cm³/mol. The summed E-state index contributed by atoms with van der Waals surface area (Å²) in [6.07, 6.45) is 2.68. The van der Waals surface area contributed by atoms with Crippen molar-refractivity contribution in [3.8, 4) is 5.75 Å². The number of para-hydroxylation sites is 1. The Morgan fingerprint density at radius 3 is 3.04 bits per heavy atom. The SMILES string of the molecule is Cc1noc(C2CCCN(C(=O)NC3CCOc4ccccc43)C2)n1. The lowest BCUT2D eigenvalue weighted by Crippen LogP contribution is -2.46. The van der Waals surface area contributed by atoms with Gasteiger partial charge >= 0.3 is 6.03 Å². The van der Waals surface area contributed by atoms with E-state index in [1.165, 1.54) is 0 Å². The maximum Gasteiger partial charge on any atom is 0.317 e. The molecule has 1 fully saturated rings. The highest BCUT2D eigenvalue weighted by molar-refractivity contribution is 5.75. The van der Waals surface area contributed by atoms with Crippen molar-refractivity contribution in [3.05, 3.63) is 41.5 Å². The number of urea groups is 1. The summed E-state index contributed by atoms with van der Waals surface area (Å²) in [5.74, 6) is 2.24. The average Bonchev–Trinajstić information content (AvgIpc) is 3.09. The molecular formula is C18H22N4O3. The molecule has 2 unspecified atom stereocenters. The van der Waals surface area contributed by atoms with Crippen molar-refractivity contribution < 1.29 is 14.1 Å². The second-order valence-corrected chi connectivity index (χ2v) is 6.64. The fourth-order valence-electron chi connectivity index (χ4n) is 3.57. The summed E-state index contributed by atoms with van der Waals surface area (Å²) in [6.45, 7) is 3.79. The Morgan fingerprint density at radius 2 is 2.20 bits per heavy atom. The van der Waals surface area contributed by atoms with E-state index < -0.39 is 0 Å². The molecule has 1 aromatic carbocycles. The number of carbonyl (C=O) groups is 1. The molecule has 2 atom stereocenters. The Morgan fingerprint density at radius 1 is 1.32 bits per heavy atom. The van der Waals surface area contributed by atoms with Crippen LogP contribution in [0, 0.1) is 6.92 Å². The van der Waals surface area contributed by atoms with Gasteiger partial charge in [-0.3, -0.25) is 0 Å². The molecule has 0 spiro atoms. The van der Waals surface area contributed by atoms with E-state index in [2.05, 4.69) is 15.5 Å². The van der Waals surface area contributed by atoms with E-state index in [0.29, 0.717) is 24.9 Å². The first-order chi connectivity index (χ1) is 12.2. The number of rotatable bonds is 2. The van der Waals surface area contributed by atoms with Crippen LogP contribution in [0.25, 0.3) is 0 Å². The van der Waals surface area contributed by atoms with Crippen LogP contribution < -0.4 is 10.1 Å². The number of nitrogens with one attached hydrogen (secondary N) is 1. The molecule has 0 saturated carbocycles. The fraction of sp³-hybridized carbons (Fsp3) is 0.500. The van der Waals surface area contributed by atoms with Crippen LogP contribution in [0.5, 0.6) is 5.75 Å². The van der Waals surface area contributed by atoms with Gasteiger partial charge in [0.25, 0.3) is 0 Å². The van der Waals surface area contributed by atoms with Gasteiger partial charge in [-0.1, -0.05) is 23.4 Å². The van der Waals surface area contributed by atoms with Gasteiger partial charge < -0.3 is 19.5 Å². The van der Waals surface area contributed by atoms with E-state index in [-0.39, 0.29) is 18.0 Å². The number of nitrogens with zero attached hydrogens (tertiary/aromatic N) is 3. The Hall–Kier alpha value is -2.57. The maximum atomic E-state index is 12.8. The highest BCUT2D eigenvalue weighted by Crippen LogP contribution is 2.32. The zero-order valence-corrected chi connectivity index (χ0v) is 14.3. The Kier molecular flexibility index (Phi) is 4.29. The molecule has 2 aliphatic heterocycles. The van der Waals surface area contributed by atoms with Crippen molar-refractivity contribution in [3.63, 3.8) is 0 Å². The second kappa shape index (κ2) is 6.74. The summed E-state index contributed by atoms with van der Waals surface area (Å²) in [5.41, 5.74) is 1.04. The number of ether oxygens (including phenoxy) is 1. The molecule has 7 nitrogen and oxygen atoms in total. The Bertz CT molecular complexity index is 760. The summed E-state index contributed by atoms with van der Waals surface area (Å²) in [5, 5.41) is 7.02. The summed E-state index contributed by atoms with van der Waals surface area (Å²) >= 11 is 0. The van der Waals surface area contributed by atoms with Crippen LogP contribution >= 0.6 is 0 Å². The topological polar surface area (TPSA) is 80.5 Å². The molecule has 2 amide bonds. The number of aryl methyl sites for hydroxylation is 1. The van der Waals surface area contributed by atoms with Gasteiger partial charge in [-0.2, -0.15) is 4.98 Å². The monoisotopic (exact) mass is 342 g/mol. The van der Waals surface area contributed by atoms with Crippen molar-refractivity contribution in [2.45, 2.75) is 38.1 Å². The van der Waals surface area contributed by atoms with Gasteiger partial charge in [-0.05, 0) is 25.8 Å². The second-order valence-electron chi connectivity index (χ2n) is 6.64. The van der Waals surface area contributed by atoms with Crippen molar-refractivity contribution in [1.82, 2.24) is 20.4 Å². The zero-order chi connectivity index (χ0) is 17.2. The minimum atomic E-state index is -0.0392. The maximum absolute atomic E-state index is 12.8. The van der Waals surface area contributed by atoms with E-state index in [1.54, 1.807) is 0 Å². The zero-order valence-electron chi connectivity index (χ0n) is 14.3. The molecule has 3 heterocycles. The van der Waals surface area contributed by atoms with Crippen LogP contribution in [0.1, 0.15) is 48.5 Å². The Labute approximate surface area is 146 Å². The fourth-order valence-corrected chi connectivity index (χ4v) is 3.57. The summed E-state index contributed by atoms with van der Waals surface area (Å²) in [6, 6.07) is 7.83. The van der Waals surface area contributed by atoms with E-state index in [1.807, 2.05) is 36.1 Å². The van der Waals surface area contributed by atoms with Gasteiger partial charge in [-0.25, -0.2) is 4.79 Å². The number of hydrogen-bond donors (Lipinski definition) is 1. The molecule has 7 heteroatoms. The molecule has 2 aliphatic rings. The lowest BCUT2D eigenvalue weighted by Gasteiger charge is -2.34. The molecule has 1 saturated heterocycles. The molecule has 4 rings (SSSR count). The molecule has 2 aromatic rings. The van der Waals surface area contributed by atoms with Gasteiger partial charge in [0.2, 0.25) is 5.89 Å².